The number of aromatic hydroxyl groups is 1. The van der Waals surface area contributed by atoms with Crippen LogP contribution in [-0.4, -0.2) is 11.9 Å². The van der Waals surface area contributed by atoms with E-state index in [-0.39, 0.29) is 23.9 Å². The molecule has 1 aliphatic rings. The van der Waals surface area contributed by atoms with Crippen LogP contribution in [0.2, 0.25) is 0 Å². The summed E-state index contributed by atoms with van der Waals surface area (Å²) >= 11 is 0. The Kier molecular flexibility index (Phi) is 1.31. The second-order valence-electron chi connectivity index (χ2n) is 2.31. The zero-order valence-corrected chi connectivity index (χ0v) is 6.07. The van der Waals surface area contributed by atoms with Crippen molar-refractivity contribution in [2.45, 2.75) is 0 Å². The number of hydrogen-bond donors (Lipinski definition) is 1. The molecule has 1 aliphatic heterocycles. The predicted molar refractivity (Wildman–Crippen MR) is 38.9 cm³/mol. The molecule has 1 aromatic rings. The van der Waals surface area contributed by atoms with Crippen LogP contribution in [0, 0.1) is 11.3 Å². The Labute approximate surface area is 68.6 Å². The minimum atomic E-state index is -0.146. The summed E-state index contributed by atoms with van der Waals surface area (Å²) in [4.78, 5) is 0. The van der Waals surface area contributed by atoms with E-state index < -0.39 is 0 Å². The van der Waals surface area contributed by atoms with Crippen LogP contribution in [0.1, 0.15) is 5.56 Å². The molecule has 0 saturated heterocycles. The first-order valence-corrected chi connectivity index (χ1v) is 3.34. The van der Waals surface area contributed by atoms with Gasteiger partial charge >= 0.3 is 0 Å². The van der Waals surface area contributed by atoms with Gasteiger partial charge in [-0.15, -0.1) is 0 Å². The first-order chi connectivity index (χ1) is 5.83. The molecule has 0 bridgehead atoms. The number of nitrogens with zero attached hydrogens (tertiary/aromatic N) is 1. The molecule has 1 heterocycles. The van der Waals surface area contributed by atoms with Gasteiger partial charge in [0.05, 0.1) is 5.56 Å². The number of phenols is 1. The van der Waals surface area contributed by atoms with E-state index in [2.05, 4.69) is 0 Å². The molecule has 4 heteroatoms. The minimum absolute atomic E-state index is 0.0950. The molecule has 1 aromatic carbocycles. The van der Waals surface area contributed by atoms with Gasteiger partial charge in [-0.3, -0.25) is 0 Å². The Hall–Kier alpha value is -1.89. The van der Waals surface area contributed by atoms with E-state index in [1.807, 2.05) is 6.07 Å². The van der Waals surface area contributed by atoms with Crippen molar-refractivity contribution in [1.82, 2.24) is 0 Å². The molecule has 0 aromatic heterocycles. The van der Waals surface area contributed by atoms with Gasteiger partial charge in [-0.25, -0.2) is 0 Å². The van der Waals surface area contributed by atoms with Crippen LogP contribution in [-0.2, 0) is 0 Å². The maximum Gasteiger partial charge on any atom is 0.231 e. The van der Waals surface area contributed by atoms with Crippen molar-refractivity contribution in [3.05, 3.63) is 17.7 Å². The summed E-state index contributed by atoms with van der Waals surface area (Å²) in [5.74, 6) is 0.591. The lowest BCUT2D eigenvalue weighted by molar-refractivity contribution is 0.171. The highest BCUT2D eigenvalue weighted by Crippen LogP contribution is 2.41. The fraction of sp³-hybridized carbons (Fsp3) is 0.125. The number of ether oxygens (including phenoxy) is 2. The number of hydrogen-bond acceptors (Lipinski definition) is 4. The van der Waals surface area contributed by atoms with Gasteiger partial charge < -0.3 is 14.6 Å². The van der Waals surface area contributed by atoms with E-state index in [4.69, 9.17) is 14.7 Å². The van der Waals surface area contributed by atoms with Crippen molar-refractivity contribution in [3.8, 4) is 23.3 Å². The molecule has 0 fully saturated rings. The summed E-state index contributed by atoms with van der Waals surface area (Å²) in [5.41, 5.74) is 0.194. The molecular weight excluding hydrogens is 158 g/mol. The lowest BCUT2D eigenvalue weighted by Gasteiger charge is -1.99. The van der Waals surface area contributed by atoms with Crippen LogP contribution in [0.25, 0.3) is 0 Å². The Bertz CT molecular complexity index is 367. The Morgan fingerprint density at radius 1 is 1.42 bits per heavy atom. The van der Waals surface area contributed by atoms with Crippen LogP contribution in [0.5, 0.6) is 17.2 Å². The highest BCUT2D eigenvalue weighted by molar-refractivity contribution is 5.59. The molecule has 0 spiro atoms. The van der Waals surface area contributed by atoms with Gasteiger partial charge in [-0.05, 0) is 12.1 Å². The fourth-order valence-corrected chi connectivity index (χ4v) is 1.05. The molecule has 0 radical (unpaired) electrons. The zero-order valence-electron chi connectivity index (χ0n) is 6.07. The van der Waals surface area contributed by atoms with E-state index in [0.29, 0.717) is 5.75 Å². The molecule has 4 nitrogen and oxygen atoms in total. The van der Waals surface area contributed by atoms with Gasteiger partial charge in [0.25, 0.3) is 0 Å². The summed E-state index contributed by atoms with van der Waals surface area (Å²) in [7, 11) is 0. The highest BCUT2D eigenvalue weighted by atomic mass is 16.7. The van der Waals surface area contributed by atoms with E-state index in [1.165, 1.54) is 6.07 Å². The summed E-state index contributed by atoms with van der Waals surface area (Å²) in [6.45, 7) is 0.0950. The Balaban J connectivity index is 2.63. The van der Waals surface area contributed by atoms with Crippen molar-refractivity contribution in [1.29, 1.82) is 5.26 Å². The fourth-order valence-electron chi connectivity index (χ4n) is 1.05. The smallest absolute Gasteiger partial charge is 0.231 e. The second-order valence-corrected chi connectivity index (χ2v) is 2.31. The number of nitriles is 1. The van der Waals surface area contributed by atoms with Crippen molar-refractivity contribution in [3.63, 3.8) is 0 Å². The second kappa shape index (κ2) is 2.31. The normalized spacial score (nSPS) is 12.6. The first-order valence-electron chi connectivity index (χ1n) is 3.34. The molecule has 0 unspecified atom stereocenters. The van der Waals surface area contributed by atoms with Gasteiger partial charge in [0, 0.05) is 0 Å². The third-order valence-corrected chi connectivity index (χ3v) is 1.63. The number of benzene rings is 1. The van der Waals surface area contributed by atoms with E-state index in [0.717, 1.165) is 0 Å². The summed E-state index contributed by atoms with van der Waals surface area (Å²) in [6.07, 6.45) is 0. The van der Waals surface area contributed by atoms with Crippen molar-refractivity contribution >= 4 is 0 Å². The Morgan fingerprint density at radius 3 is 3.00 bits per heavy atom. The average molecular weight is 163 g/mol. The Morgan fingerprint density at radius 2 is 2.25 bits per heavy atom. The SMILES string of the molecule is N#Cc1ccc2c(c1O)OCO2. The topological polar surface area (TPSA) is 62.5 Å². The van der Waals surface area contributed by atoms with Gasteiger partial charge in [-0.2, -0.15) is 5.26 Å². The van der Waals surface area contributed by atoms with Crippen molar-refractivity contribution < 1.29 is 14.6 Å². The minimum Gasteiger partial charge on any atom is -0.503 e. The van der Waals surface area contributed by atoms with E-state index in [9.17, 15) is 5.11 Å². The van der Waals surface area contributed by atoms with Gasteiger partial charge in [0.2, 0.25) is 12.5 Å². The van der Waals surface area contributed by atoms with E-state index >= 15 is 0 Å². The summed E-state index contributed by atoms with van der Waals surface area (Å²) in [5, 5.41) is 17.9. The van der Waals surface area contributed by atoms with Crippen molar-refractivity contribution in [2.75, 3.05) is 6.79 Å². The van der Waals surface area contributed by atoms with Crippen LogP contribution >= 0.6 is 0 Å². The van der Waals surface area contributed by atoms with Crippen LogP contribution in [0.3, 0.4) is 0 Å². The molecule has 12 heavy (non-hydrogen) atoms. The molecule has 0 saturated carbocycles. The van der Waals surface area contributed by atoms with Gasteiger partial charge in [-0.1, -0.05) is 0 Å². The number of fused-ring (bicyclic) bond motifs is 1. The third-order valence-electron chi connectivity index (χ3n) is 1.63. The monoisotopic (exact) mass is 163 g/mol. The third kappa shape index (κ3) is 0.768. The van der Waals surface area contributed by atoms with Crippen molar-refractivity contribution in [2.24, 2.45) is 0 Å². The molecule has 0 amide bonds. The number of phenolic OH excluding ortho intramolecular Hbond substituents is 1. The first kappa shape index (κ1) is 6.80. The molecule has 2 rings (SSSR count). The van der Waals surface area contributed by atoms with Gasteiger partial charge in [0.15, 0.2) is 11.5 Å². The standard InChI is InChI=1S/C8H5NO3/c9-3-5-1-2-6-8(7(5)10)12-4-11-6/h1-2,10H,4H2. The quantitative estimate of drug-likeness (QED) is 0.619. The molecular formula is C8H5NO3. The lowest BCUT2D eigenvalue weighted by atomic mass is 10.2. The van der Waals surface area contributed by atoms with Crippen LogP contribution < -0.4 is 9.47 Å². The maximum absolute atomic E-state index is 9.38. The zero-order chi connectivity index (χ0) is 8.55. The summed E-state index contributed by atoms with van der Waals surface area (Å²) < 4.78 is 9.94. The molecule has 0 atom stereocenters. The molecule has 1 N–H and O–H groups in total. The largest absolute Gasteiger partial charge is 0.503 e. The van der Waals surface area contributed by atoms with E-state index in [1.54, 1.807) is 6.07 Å². The lowest BCUT2D eigenvalue weighted by Crippen LogP contribution is -1.93. The molecule has 0 aliphatic carbocycles. The predicted octanol–water partition coefficient (Wildman–Crippen LogP) is 0.993. The van der Waals surface area contributed by atoms with Gasteiger partial charge in [0.1, 0.15) is 6.07 Å². The van der Waals surface area contributed by atoms with Crippen LogP contribution in [0.15, 0.2) is 12.1 Å². The maximum atomic E-state index is 9.38. The van der Waals surface area contributed by atoms with Crippen LogP contribution in [0.4, 0.5) is 0 Å². The average Bonchev–Trinajstić information content (AvgIpc) is 2.53. The number of rotatable bonds is 0. The highest BCUT2D eigenvalue weighted by Gasteiger charge is 2.19. The molecule has 60 valence electrons. The summed E-state index contributed by atoms with van der Waals surface area (Å²) in [6, 6.07) is 4.93.